The molecule has 0 N–H and O–H groups in total. The molecule has 0 atom stereocenters. The molecule has 5 heteroatoms. The van der Waals surface area contributed by atoms with Crippen LogP contribution in [0.3, 0.4) is 0 Å². The number of aromatic nitrogens is 2. The van der Waals surface area contributed by atoms with Crippen LogP contribution in [0, 0.1) is 6.92 Å². The molecule has 0 bridgehead atoms. The van der Waals surface area contributed by atoms with Crippen molar-refractivity contribution >= 4 is 15.9 Å². The fourth-order valence-electron chi connectivity index (χ4n) is 1.71. The van der Waals surface area contributed by atoms with Crippen molar-refractivity contribution in [3.63, 3.8) is 0 Å². The Morgan fingerprint density at radius 2 is 1.89 bits per heavy atom. The van der Waals surface area contributed by atoms with Gasteiger partial charge >= 0.3 is 0 Å². The molecule has 18 heavy (non-hydrogen) atoms. The second-order valence-corrected chi connectivity index (χ2v) is 4.51. The van der Waals surface area contributed by atoms with E-state index < -0.39 is 0 Å². The van der Waals surface area contributed by atoms with Gasteiger partial charge in [0, 0.05) is 5.69 Å². The van der Waals surface area contributed by atoms with Gasteiger partial charge in [0.2, 0.25) is 0 Å². The molecule has 0 unspecified atom stereocenters. The zero-order valence-corrected chi connectivity index (χ0v) is 12.0. The van der Waals surface area contributed by atoms with Gasteiger partial charge in [-0.25, -0.2) is 9.97 Å². The third kappa shape index (κ3) is 2.46. The first-order valence-corrected chi connectivity index (χ1v) is 6.17. The highest BCUT2D eigenvalue weighted by molar-refractivity contribution is 9.10. The van der Waals surface area contributed by atoms with E-state index in [1.807, 2.05) is 31.2 Å². The van der Waals surface area contributed by atoms with Crippen LogP contribution >= 0.6 is 15.9 Å². The van der Waals surface area contributed by atoms with E-state index in [9.17, 15) is 0 Å². The van der Waals surface area contributed by atoms with Crippen LogP contribution in [-0.4, -0.2) is 24.2 Å². The first kappa shape index (κ1) is 12.8. The second kappa shape index (κ2) is 5.35. The van der Waals surface area contributed by atoms with Crippen LogP contribution in [0.5, 0.6) is 11.5 Å². The maximum Gasteiger partial charge on any atom is 0.171 e. The number of benzene rings is 1. The van der Waals surface area contributed by atoms with Gasteiger partial charge in [0.15, 0.2) is 17.3 Å². The molecule has 0 aliphatic heterocycles. The van der Waals surface area contributed by atoms with E-state index in [1.54, 1.807) is 14.2 Å². The Kier molecular flexibility index (Phi) is 3.81. The number of ether oxygens (including phenoxy) is 2. The van der Waals surface area contributed by atoms with E-state index in [2.05, 4.69) is 25.9 Å². The average Bonchev–Trinajstić information content (AvgIpc) is 2.36. The molecule has 1 aromatic carbocycles. The van der Waals surface area contributed by atoms with Crippen molar-refractivity contribution in [2.24, 2.45) is 0 Å². The molecule has 0 amide bonds. The van der Waals surface area contributed by atoms with Crippen LogP contribution in [-0.2, 0) is 0 Å². The normalized spacial score (nSPS) is 10.2. The zero-order valence-electron chi connectivity index (χ0n) is 10.4. The van der Waals surface area contributed by atoms with Gasteiger partial charge in [0.05, 0.1) is 19.8 Å². The predicted molar refractivity (Wildman–Crippen MR) is 73.0 cm³/mol. The molecular weight excluding hydrogens is 296 g/mol. The summed E-state index contributed by atoms with van der Waals surface area (Å²) in [7, 11) is 3.21. The smallest absolute Gasteiger partial charge is 0.171 e. The van der Waals surface area contributed by atoms with Crippen LogP contribution in [0.4, 0.5) is 0 Å². The Hall–Kier alpha value is -1.62. The summed E-state index contributed by atoms with van der Waals surface area (Å²) in [5, 5.41) is 0. The van der Waals surface area contributed by atoms with Crippen molar-refractivity contribution < 1.29 is 9.47 Å². The molecule has 1 aromatic heterocycles. The highest BCUT2D eigenvalue weighted by Crippen LogP contribution is 2.36. The van der Waals surface area contributed by atoms with E-state index in [0.717, 1.165) is 15.9 Å². The summed E-state index contributed by atoms with van der Waals surface area (Å²) in [6.07, 6.45) is 0. The molecule has 0 fully saturated rings. The zero-order chi connectivity index (χ0) is 13.1. The lowest BCUT2D eigenvalue weighted by Crippen LogP contribution is -1.97. The highest BCUT2D eigenvalue weighted by atomic mass is 79.9. The molecule has 0 aliphatic carbocycles. The number of para-hydroxylation sites is 1. The maximum atomic E-state index is 5.38. The van der Waals surface area contributed by atoms with Crippen LogP contribution < -0.4 is 9.47 Å². The van der Waals surface area contributed by atoms with Crippen molar-refractivity contribution in [2.75, 3.05) is 14.2 Å². The molecule has 0 radical (unpaired) electrons. The van der Waals surface area contributed by atoms with E-state index in [1.165, 1.54) is 0 Å². The molecule has 2 aromatic rings. The van der Waals surface area contributed by atoms with Crippen molar-refractivity contribution in [1.29, 1.82) is 0 Å². The van der Waals surface area contributed by atoms with Gasteiger partial charge in [0.25, 0.3) is 0 Å². The van der Waals surface area contributed by atoms with Crippen molar-refractivity contribution in [3.8, 4) is 22.9 Å². The number of hydrogen-bond donors (Lipinski definition) is 0. The molecule has 1 heterocycles. The number of aryl methyl sites for hydroxylation is 1. The third-order valence-corrected chi connectivity index (χ3v) is 2.87. The summed E-state index contributed by atoms with van der Waals surface area (Å²) in [6, 6.07) is 7.49. The summed E-state index contributed by atoms with van der Waals surface area (Å²) >= 11 is 3.37. The lowest BCUT2D eigenvalue weighted by Gasteiger charge is -2.12. The standard InChI is InChI=1S/C13H13BrN2O2/c1-8-7-11(14)16-13(15-8)9-5-4-6-10(17-2)12(9)18-3/h4-7H,1-3H3. The largest absolute Gasteiger partial charge is 0.493 e. The number of rotatable bonds is 3. The van der Waals surface area contributed by atoms with Crippen molar-refractivity contribution in [1.82, 2.24) is 9.97 Å². The number of methoxy groups -OCH3 is 2. The third-order valence-electron chi connectivity index (χ3n) is 2.47. The van der Waals surface area contributed by atoms with E-state index in [4.69, 9.17) is 9.47 Å². The van der Waals surface area contributed by atoms with Crippen LogP contribution in [0.15, 0.2) is 28.9 Å². The summed E-state index contributed by atoms with van der Waals surface area (Å²) < 4.78 is 11.4. The van der Waals surface area contributed by atoms with Gasteiger partial charge in [0.1, 0.15) is 4.60 Å². The first-order chi connectivity index (χ1) is 8.65. The van der Waals surface area contributed by atoms with E-state index in [0.29, 0.717) is 17.3 Å². The summed E-state index contributed by atoms with van der Waals surface area (Å²) in [5.41, 5.74) is 1.69. The van der Waals surface area contributed by atoms with Crippen molar-refractivity contribution in [2.45, 2.75) is 6.92 Å². The average molecular weight is 309 g/mol. The number of nitrogens with zero attached hydrogens (tertiary/aromatic N) is 2. The minimum Gasteiger partial charge on any atom is -0.493 e. The highest BCUT2D eigenvalue weighted by Gasteiger charge is 2.14. The quantitative estimate of drug-likeness (QED) is 0.817. The minimum atomic E-state index is 0.609. The van der Waals surface area contributed by atoms with Gasteiger partial charge in [-0.05, 0) is 41.1 Å². The Bertz CT molecular complexity index is 553. The summed E-state index contributed by atoms with van der Waals surface area (Å²) in [5.74, 6) is 1.91. The van der Waals surface area contributed by atoms with Gasteiger partial charge in [-0.1, -0.05) is 6.07 Å². The SMILES string of the molecule is COc1cccc(-c2nc(C)cc(Br)n2)c1OC. The molecule has 94 valence electrons. The summed E-state index contributed by atoms with van der Waals surface area (Å²) in [6.45, 7) is 1.92. The first-order valence-electron chi connectivity index (χ1n) is 5.38. The lowest BCUT2D eigenvalue weighted by atomic mass is 10.1. The molecule has 2 rings (SSSR count). The second-order valence-electron chi connectivity index (χ2n) is 3.70. The van der Waals surface area contributed by atoms with E-state index in [-0.39, 0.29) is 0 Å². The maximum absolute atomic E-state index is 5.38. The Morgan fingerprint density at radius 3 is 2.50 bits per heavy atom. The van der Waals surface area contributed by atoms with Crippen molar-refractivity contribution in [3.05, 3.63) is 34.6 Å². The lowest BCUT2D eigenvalue weighted by molar-refractivity contribution is 0.356. The molecule has 0 saturated carbocycles. The molecular formula is C13H13BrN2O2. The molecule has 0 aliphatic rings. The fraction of sp³-hybridized carbons (Fsp3) is 0.231. The van der Waals surface area contributed by atoms with Gasteiger partial charge in [-0.3, -0.25) is 0 Å². The van der Waals surface area contributed by atoms with Crippen LogP contribution in [0.1, 0.15) is 5.69 Å². The van der Waals surface area contributed by atoms with Crippen LogP contribution in [0.25, 0.3) is 11.4 Å². The Labute approximate surface area is 114 Å². The fourth-order valence-corrected chi connectivity index (χ4v) is 2.21. The number of halogens is 1. The number of hydrogen-bond acceptors (Lipinski definition) is 4. The van der Waals surface area contributed by atoms with Crippen LogP contribution in [0.2, 0.25) is 0 Å². The Balaban J connectivity index is 2.63. The topological polar surface area (TPSA) is 44.2 Å². The molecule has 4 nitrogen and oxygen atoms in total. The molecule has 0 saturated heterocycles. The van der Waals surface area contributed by atoms with Gasteiger partial charge in [-0.15, -0.1) is 0 Å². The van der Waals surface area contributed by atoms with Gasteiger partial charge in [-0.2, -0.15) is 0 Å². The minimum absolute atomic E-state index is 0.609. The van der Waals surface area contributed by atoms with E-state index >= 15 is 0 Å². The monoisotopic (exact) mass is 308 g/mol. The van der Waals surface area contributed by atoms with Gasteiger partial charge < -0.3 is 9.47 Å². The molecule has 0 spiro atoms. The Morgan fingerprint density at radius 1 is 1.11 bits per heavy atom. The predicted octanol–water partition coefficient (Wildman–Crippen LogP) is 3.23. The summed E-state index contributed by atoms with van der Waals surface area (Å²) in [4.78, 5) is 8.77.